The first-order valence-electron chi connectivity index (χ1n) is 6.53. The van der Waals surface area contributed by atoms with Crippen molar-refractivity contribution in [2.45, 2.75) is 32.9 Å². The summed E-state index contributed by atoms with van der Waals surface area (Å²) >= 11 is 0. The third kappa shape index (κ3) is 3.40. The van der Waals surface area contributed by atoms with Crippen LogP contribution >= 0.6 is 0 Å². The summed E-state index contributed by atoms with van der Waals surface area (Å²) in [5, 5.41) is 3.45. The smallest absolute Gasteiger partial charge is 0.225 e. The maximum absolute atomic E-state index is 5.55. The molecule has 1 saturated heterocycles. The van der Waals surface area contributed by atoms with Crippen LogP contribution in [-0.4, -0.2) is 48.4 Å². The molecule has 100 valence electrons. The van der Waals surface area contributed by atoms with Crippen LogP contribution in [0.5, 0.6) is 0 Å². The molecule has 1 aromatic heterocycles. The summed E-state index contributed by atoms with van der Waals surface area (Å²) in [6.45, 7) is 9.53. The highest BCUT2D eigenvalue weighted by Crippen LogP contribution is 2.14. The van der Waals surface area contributed by atoms with E-state index in [4.69, 9.17) is 4.74 Å². The van der Waals surface area contributed by atoms with E-state index in [0.29, 0.717) is 12.1 Å². The van der Waals surface area contributed by atoms with E-state index in [1.54, 1.807) is 0 Å². The van der Waals surface area contributed by atoms with Crippen LogP contribution in [0.2, 0.25) is 0 Å². The van der Waals surface area contributed by atoms with Gasteiger partial charge in [-0.25, -0.2) is 9.97 Å². The number of ether oxygens (including phenoxy) is 1. The number of rotatable bonds is 4. The highest BCUT2D eigenvalue weighted by molar-refractivity contribution is 5.32. The van der Waals surface area contributed by atoms with Gasteiger partial charge < -0.3 is 15.0 Å². The topological polar surface area (TPSA) is 50.3 Å². The molecule has 5 heteroatoms. The highest BCUT2D eigenvalue weighted by Gasteiger charge is 2.24. The monoisotopic (exact) mass is 250 g/mol. The number of aryl methyl sites for hydroxylation is 1. The van der Waals surface area contributed by atoms with E-state index in [0.717, 1.165) is 37.8 Å². The minimum atomic E-state index is 0.309. The number of nitrogens with zero attached hydrogens (tertiary/aromatic N) is 3. The van der Waals surface area contributed by atoms with Crippen LogP contribution in [0.4, 0.5) is 5.95 Å². The third-order valence-corrected chi connectivity index (χ3v) is 3.01. The molecule has 1 fully saturated rings. The summed E-state index contributed by atoms with van der Waals surface area (Å²) in [5.41, 5.74) is 1.09. The van der Waals surface area contributed by atoms with Crippen LogP contribution in [0.25, 0.3) is 0 Å². The van der Waals surface area contributed by atoms with Crippen molar-refractivity contribution in [3.05, 3.63) is 18.0 Å². The average molecular weight is 250 g/mol. The molecule has 0 bridgehead atoms. The molecular formula is C13H22N4O. The standard InChI is InChI=1S/C13H22N4O/c1-10(2)14-8-12-9-18-5-4-17(12)13-15-6-11(3)7-16-13/h6-7,10,12,14H,4-5,8-9H2,1-3H3. The Morgan fingerprint density at radius 2 is 2.17 bits per heavy atom. The van der Waals surface area contributed by atoms with Crippen molar-refractivity contribution < 1.29 is 4.74 Å². The molecule has 0 spiro atoms. The molecule has 0 amide bonds. The molecular weight excluding hydrogens is 228 g/mol. The molecule has 1 atom stereocenters. The fourth-order valence-electron chi connectivity index (χ4n) is 1.99. The Kier molecular flexibility index (Phi) is 4.49. The number of anilines is 1. The molecule has 1 aliphatic heterocycles. The minimum absolute atomic E-state index is 0.309. The first-order chi connectivity index (χ1) is 8.66. The maximum Gasteiger partial charge on any atom is 0.225 e. The maximum atomic E-state index is 5.55. The number of hydrogen-bond donors (Lipinski definition) is 1. The van der Waals surface area contributed by atoms with Crippen LogP contribution in [0.3, 0.4) is 0 Å². The van der Waals surface area contributed by atoms with Crippen molar-refractivity contribution in [1.29, 1.82) is 0 Å². The third-order valence-electron chi connectivity index (χ3n) is 3.01. The molecule has 0 saturated carbocycles. The summed E-state index contributed by atoms with van der Waals surface area (Å²) in [6.07, 6.45) is 3.73. The van der Waals surface area contributed by atoms with Gasteiger partial charge in [-0.15, -0.1) is 0 Å². The quantitative estimate of drug-likeness (QED) is 0.863. The fourth-order valence-corrected chi connectivity index (χ4v) is 1.99. The van der Waals surface area contributed by atoms with Crippen LogP contribution < -0.4 is 10.2 Å². The molecule has 2 rings (SSSR count). The molecule has 0 radical (unpaired) electrons. The molecule has 5 nitrogen and oxygen atoms in total. The molecule has 1 unspecified atom stereocenters. The van der Waals surface area contributed by atoms with E-state index < -0.39 is 0 Å². The molecule has 1 aromatic rings. The zero-order chi connectivity index (χ0) is 13.0. The van der Waals surface area contributed by atoms with Gasteiger partial charge in [0, 0.05) is 31.5 Å². The summed E-state index contributed by atoms with van der Waals surface area (Å²) in [5.74, 6) is 0.805. The Hall–Kier alpha value is -1.20. The van der Waals surface area contributed by atoms with Crippen molar-refractivity contribution in [2.75, 3.05) is 31.2 Å². The number of aromatic nitrogens is 2. The Balaban J connectivity index is 2.05. The van der Waals surface area contributed by atoms with Gasteiger partial charge in [-0.1, -0.05) is 13.8 Å². The van der Waals surface area contributed by atoms with Gasteiger partial charge in [0.15, 0.2) is 0 Å². The van der Waals surface area contributed by atoms with E-state index in [2.05, 4.69) is 34.0 Å². The van der Waals surface area contributed by atoms with E-state index in [9.17, 15) is 0 Å². The molecule has 18 heavy (non-hydrogen) atoms. The van der Waals surface area contributed by atoms with E-state index in [1.807, 2.05) is 19.3 Å². The Morgan fingerprint density at radius 1 is 1.44 bits per heavy atom. The number of nitrogens with one attached hydrogen (secondary N) is 1. The lowest BCUT2D eigenvalue weighted by molar-refractivity contribution is 0.0923. The van der Waals surface area contributed by atoms with Crippen molar-refractivity contribution >= 4 is 5.95 Å². The van der Waals surface area contributed by atoms with Gasteiger partial charge in [0.05, 0.1) is 19.3 Å². The Morgan fingerprint density at radius 3 is 2.83 bits per heavy atom. The second-order valence-electron chi connectivity index (χ2n) is 5.05. The van der Waals surface area contributed by atoms with E-state index in [1.165, 1.54) is 0 Å². The summed E-state index contributed by atoms with van der Waals surface area (Å²) in [7, 11) is 0. The molecule has 2 heterocycles. The normalized spacial score (nSPS) is 20.4. The minimum Gasteiger partial charge on any atom is -0.377 e. The average Bonchev–Trinajstić information content (AvgIpc) is 2.38. The second kappa shape index (κ2) is 6.11. The Labute approximate surface area is 109 Å². The van der Waals surface area contributed by atoms with Gasteiger partial charge >= 0.3 is 0 Å². The predicted octanol–water partition coefficient (Wildman–Crippen LogP) is 0.988. The van der Waals surface area contributed by atoms with Crippen molar-refractivity contribution in [3.8, 4) is 0 Å². The van der Waals surface area contributed by atoms with Crippen LogP contribution in [-0.2, 0) is 4.74 Å². The van der Waals surface area contributed by atoms with Crippen LogP contribution in [0.15, 0.2) is 12.4 Å². The second-order valence-corrected chi connectivity index (χ2v) is 5.05. The molecule has 1 N–H and O–H groups in total. The number of hydrogen-bond acceptors (Lipinski definition) is 5. The van der Waals surface area contributed by atoms with E-state index in [-0.39, 0.29) is 0 Å². The van der Waals surface area contributed by atoms with Gasteiger partial charge in [0.25, 0.3) is 0 Å². The largest absolute Gasteiger partial charge is 0.377 e. The zero-order valence-electron chi connectivity index (χ0n) is 11.4. The molecule has 0 aliphatic carbocycles. The summed E-state index contributed by atoms with van der Waals surface area (Å²) in [4.78, 5) is 11.1. The lowest BCUT2D eigenvalue weighted by Gasteiger charge is -2.36. The first kappa shape index (κ1) is 13.2. The molecule has 0 aromatic carbocycles. The van der Waals surface area contributed by atoms with Crippen molar-refractivity contribution in [2.24, 2.45) is 0 Å². The summed E-state index contributed by atoms with van der Waals surface area (Å²) in [6, 6.07) is 0.788. The SMILES string of the molecule is Cc1cnc(N2CCOCC2CNC(C)C)nc1. The lowest BCUT2D eigenvalue weighted by atomic mass is 10.2. The van der Waals surface area contributed by atoms with Gasteiger partial charge in [-0.3, -0.25) is 0 Å². The van der Waals surface area contributed by atoms with Crippen molar-refractivity contribution in [1.82, 2.24) is 15.3 Å². The van der Waals surface area contributed by atoms with Crippen molar-refractivity contribution in [3.63, 3.8) is 0 Å². The highest BCUT2D eigenvalue weighted by atomic mass is 16.5. The van der Waals surface area contributed by atoms with Gasteiger partial charge in [-0.05, 0) is 12.5 Å². The number of morpholine rings is 1. The summed E-state index contributed by atoms with van der Waals surface area (Å²) < 4.78 is 5.55. The Bertz CT molecular complexity index is 366. The fraction of sp³-hybridized carbons (Fsp3) is 0.692. The van der Waals surface area contributed by atoms with E-state index >= 15 is 0 Å². The first-order valence-corrected chi connectivity index (χ1v) is 6.53. The van der Waals surface area contributed by atoms with Crippen LogP contribution in [0, 0.1) is 6.92 Å². The van der Waals surface area contributed by atoms with Gasteiger partial charge in [0.2, 0.25) is 5.95 Å². The molecule has 1 aliphatic rings. The lowest BCUT2D eigenvalue weighted by Crippen LogP contribution is -2.52. The van der Waals surface area contributed by atoms with Gasteiger partial charge in [-0.2, -0.15) is 0 Å². The van der Waals surface area contributed by atoms with Crippen LogP contribution in [0.1, 0.15) is 19.4 Å². The van der Waals surface area contributed by atoms with Gasteiger partial charge in [0.1, 0.15) is 0 Å². The predicted molar refractivity (Wildman–Crippen MR) is 71.9 cm³/mol. The zero-order valence-corrected chi connectivity index (χ0v) is 11.4.